The maximum atomic E-state index is 12.6. The Hall–Kier alpha value is -3.02. The van der Waals surface area contributed by atoms with Crippen molar-refractivity contribution in [2.45, 2.75) is 19.3 Å². The number of carbonyl (C=O) groups is 1. The molecule has 1 heterocycles. The summed E-state index contributed by atoms with van der Waals surface area (Å²) >= 11 is 0. The molecule has 0 aliphatic rings. The zero-order valence-electron chi connectivity index (χ0n) is 12.7. The van der Waals surface area contributed by atoms with Crippen LogP contribution < -0.4 is 10.4 Å². The minimum atomic E-state index is -0.534. The van der Waals surface area contributed by atoms with E-state index in [1.807, 2.05) is 61.5 Å². The van der Waals surface area contributed by atoms with Crippen LogP contribution in [0.4, 0.5) is 5.69 Å². The highest BCUT2D eigenvalue weighted by atomic mass is 16.1. The summed E-state index contributed by atoms with van der Waals surface area (Å²) in [5.41, 5.74) is 2.94. The smallest absolute Gasteiger partial charge is 0.232 e. The van der Waals surface area contributed by atoms with Crippen LogP contribution in [0.3, 0.4) is 0 Å². The topological polar surface area (TPSA) is 81.9 Å². The Bertz CT molecular complexity index is 753. The van der Waals surface area contributed by atoms with Gasteiger partial charge < -0.3 is 10.4 Å². The second-order valence-corrected chi connectivity index (χ2v) is 5.33. The molecule has 0 spiro atoms. The molecule has 0 saturated heterocycles. The highest BCUT2D eigenvalue weighted by Crippen LogP contribution is 2.20. The Labute approximate surface area is 133 Å². The van der Waals surface area contributed by atoms with Crippen LogP contribution in [-0.2, 0) is 11.2 Å². The zero-order chi connectivity index (χ0) is 16.1. The predicted octanol–water partition coefficient (Wildman–Crippen LogP) is 2.10. The van der Waals surface area contributed by atoms with E-state index >= 15 is 0 Å². The van der Waals surface area contributed by atoms with Crippen molar-refractivity contribution in [3.8, 4) is 0 Å². The maximum absolute atomic E-state index is 12.6. The number of aryl methyl sites for hydroxylation is 1. The molecule has 3 rings (SSSR count). The lowest BCUT2D eigenvalue weighted by Crippen LogP contribution is -2.24. The Balaban J connectivity index is 1.81. The molecule has 3 aromatic rings. The number of nitrogens with one attached hydrogen (secondary N) is 1. The molecule has 0 aliphatic heterocycles. The lowest BCUT2D eigenvalue weighted by molar-refractivity contribution is -0.117. The summed E-state index contributed by atoms with van der Waals surface area (Å²) in [7, 11) is 0. The molecule has 6 nitrogen and oxygen atoms in total. The molecule has 1 N–H and O–H groups in total. The first-order valence-electron chi connectivity index (χ1n) is 7.32. The first-order chi connectivity index (χ1) is 11.2. The Morgan fingerprint density at radius 1 is 1.13 bits per heavy atom. The largest absolute Gasteiger partial charge is 0.335 e. The summed E-state index contributed by atoms with van der Waals surface area (Å²) in [5, 5.41) is 17.6. The quantitative estimate of drug-likeness (QED) is 0.780. The molecular formula is C17H16N5O-. The fourth-order valence-corrected chi connectivity index (χ4v) is 2.30. The van der Waals surface area contributed by atoms with Gasteiger partial charge in [-0.25, -0.2) is 0 Å². The van der Waals surface area contributed by atoms with Crippen molar-refractivity contribution in [2.24, 2.45) is 0 Å². The first kappa shape index (κ1) is 14.9. The fourth-order valence-electron chi connectivity index (χ4n) is 2.30. The van der Waals surface area contributed by atoms with Gasteiger partial charge in [0.2, 0.25) is 5.91 Å². The van der Waals surface area contributed by atoms with Crippen molar-refractivity contribution >= 4 is 11.6 Å². The molecule has 6 heteroatoms. The minimum absolute atomic E-state index is 0.174. The van der Waals surface area contributed by atoms with Gasteiger partial charge in [0.15, 0.2) is 0 Å². The highest BCUT2D eigenvalue weighted by Gasteiger charge is 2.21. The van der Waals surface area contributed by atoms with Crippen molar-refractivity contribution in [1.82, 2.24) is 20.6 Å². The monoisotopic (exact) mass is 306 g/mol. The second-order valence-electron chi connectivity index (χ2n) is 5.33. The van der Waals surface area contributed by atoms with Gasteiger partial charge in [-0.05, 0) is 31.0 Å². The van der Waals surface area contributed by atoms with Gasteiger partial charge in [-0.2, -0.15) is 5.21 Å². The Kier molecular flexibility index (Phi) is 4.42. The Morgan fingerprint density at radius 2 is 1.87 bits per heavy atom. The average Bonchev–Trinajstić information content (AvgIpc) is 3.09. The molecule has 1 atom stereocenters. The zero-order valence-corrected chi connectivity index (χ0v) is 12.7. The summed E-state index contributed by atoms with van der Waals surface area (Å²) in [5.74, 6) is -0.376. The van der Waals surface area contributed by atoms with Crippen LogP contribution >= 0.6 is 0 Å². The average molecular weight is 306 g/mol. The molecule has 0 bridgehead atoms. The molecule has 116 valence electrons. The maximum Gasteiger partial charge on any atom is 0.232 e. The van der Waals surface area contributed by atoms with Crippen molar-refractivity contribution in [3.05, 3.63) is 71.5 Å². The van der Waals surface area contributed by atoms with E-state index in [2.05, 4.69) is 25.9 Å². The molecule has 1 amide bonds. The normalized spacial score (nSPS) is 11.9. The van der Waals surface area contributed by atoms with Crippen molar-refractivity contribution in [3.63, 3.8) is 0 Å². The summed E-state index contributed by atoms with van der Waals surface area (Å²) in [6.07, 6.45) is 0.492. The molecule has 0 radical (unpaired) electrons. The van der Waals surface area contributed by atoms with Crippen molar-refractivity contribution < 1.29 is 4.79 Å². The fraction of sp³-hybridized carbons (Fsp3) is 0.176. The van der Waals surface area contributed by atoms with E-state index in [1.54, 1.807) is 0 Å². The van der Waals surface area contributed by atoms with Crippen LogP contribution in [0.2, 0.25) is 0 Å². The third kappa shape index (κ3) is 3.79. The predicted molar refractivity (Wildman–Crippen MR) is 85.8 cm³/mol. The van der Waals surface area contributed by atoms with Gasteiger partial charge in [0.1, 0.15) is 0 Å². The van der Waals surface area contributed by atoms with Crippen LogP contribution in [0.25, 0.3) is 0 Å². The van der Waals surface area contributed by atoms with E-state index < -0.39 is 5.92 Å². The number of aromatic nitrogens is 4. The van der Waals surface area contributed by atoms with E-state index in [0.29, 0.717) is 12.2 Å². The third-order valence-corrected chi connectivity index (χ3v) is 3.56. The number of hydrogen-bond acceptors (Lipinski definition) is 4. The Morgan fingerprint density at radius 3 is 2.52 bits per heavy atom. The first-order valence-corrected chi connectivity index (χ1v) is 7.32. The van der Waals surface area contributed by atoms with E-state index in [1.165, 1.54) is 5.56 Å². The van der Waals surface area contributed by atoms with Crippen LogP contribution in [0.5, 0.6) is 0 Å². The van der Waals surface area contributed by atoms with Gasteiger partial charge in [0.25, 0.3) is 0 Å². The van der Waals surface area contributed by atoms with Crippen LogP contribution in [-0.4, -0.2) is 21.4 Å². The van der Waals surface area contributed by atoms with Crippen molar-refractivity contribution in [1.29, 1.82) is 0 Å². The number of amides is 1. The molecule has 0 aliphatic carbocycles. The highest BCUT2D eigenvalue weighted by molar-refractivity contribution is 5.95. The number of anilines is 1. The van der Waals surface area contributed by atoms with Crippen LogP contribution in [0.15, 0.2) is 54.6 Å². The number of rotatable bonds is 5. The van der Waals surface area contributed by atoms with Gasteiger partial charge in [0, 0.05) is 11.5 Å². The molecule has 0 unspecified atom stereocenters. The number of carbonyl (C=O) groups excluding carboxylic acids is 1. The molecule has 1 aromatic heterocycles. The summed E-state index contributed by atoms with van der Waals surface area (Å²) in [4.78, 5) is 12.6. The van der Waals surface area contributed by atoms with Crippen LogP contribution in [0.1, 0.15) is 22.9 Å². The summed E-state index contributed by atoms with van der Waals surface area (Å²) < 4.78 is 0. The molecule has 0 fully saturated rings. The second kappa shape index (κ2) is 6.83. The standard InChI is InChI=1S/C17H17N5O/c1-12-7-9-13(10-8-12)11-15(16-19-21-22-20-16)17(23)18-14-5-3-2-4-6-14/h2-10,15H,11H2,1H3,(H2,18,19,20,21,22,23)/p-1/t15-/m0/s1. The number of tetrazole rings is 1. The molecule has 0 saturated carbocycles. The molecule has 2 aromatic carbocycles. The van der Waals surface area contributed by atoms with Crippen molar-refractivity contribution in [2.75, 3.05) is 5.32 Å². The van der Waals surface area contributed by atoms with Crippen LogP contribution in [0, 0.1) is 6.92 Å². The third-order valence-electron chi connectivity index (χ3n) is 3.56. The number of hydrogen-bond donors (Lipinski definition) is 1. The van der Waals surface area contributed by atoms with E-state index in [9.17, 15) is 4.79 Å². The lowest BCUT2D eigenvalue weighted by Gasteiger charge is -2.17. The lowest BCUT2D eigenvalue weighted by atomic mass is 9.97. The summed E-state index contributed by atoms with van der Waals surface area (Å²) in [6, 6.07) is 17.3. The minimum Gasteiger partial charge on any atom is -0.335 e. The van der Waals surface area contributed by atoms with Gasteiger partial charge in [-0.1, -0.05) is 48.0 Å². The van der Waals surface area contributed by atoms with E-state index in [0.717, 1.165) is 11.3 Å². The number of benzene rings is 2. The van der Waals surface area contributed by atoms with Gasteiger partial charge in [-0.3, -0.25) is 15.1 Å². The molecule has 23 heavy (non-hydrogen) atoms. The SMILES string of the molecule is Cc1ccc(C[C@H](C(=O)Nc2ccccc2)c2nnn[n-]2)cc1. The number of nitrogens with zero attached hydrogens (tertiary/aromatic N) is 4. The summed E-state index contributed by atoms with van der Waals surface area (Å²) in [6.45, 7) is 2.03. The molecular weight excluding hydrogens is 290 g/mol. The van der Waals surface area contributed by atoms with E-state index in [4.69, 9.17) is 0 Å². The van der Waals surface area contributed by atoms with Gasteiger partial charge >= 0.3 is 0 Å². The van der Waals surface area contributed by atoms with Gasteiger partial charge in [-0.15, -0.1) is 0 Å². The van der Waals surface area contributed by atoms with Gasteiger partial charge in [0.05, 0.1) is 5.92 Å². The number of para-hydroxylation sites is 1. The van der Waals surface area contributed by atoms with E-state index in [-0.39, 0.29) is 5.91 Å².